The van der Waals surface area contributed by atoms with Crippen molar-refractivity contribution in [1.82, 2.24) is 10.6 Å². The summed E-state index contributed by atoms with van der Waals surface area (Å²) < 4.78 is 5.47. The van der Waals surface area contributed by atoms with Crippen molar-refractivity contribution in [3.8, 4) is 11.1 Å². The highest BCUT2D eigenvalue weighted by Gasteiger charge is 2.41. The number of carbonyl (C=O) groups excluding carboxylic acids is 2. The third kappa shape index (κ3) is 5.56. The highest BCUT2D eigenvalue weighted by Crippen LogP contribution is 2.44. The minimum absolute atomic E-state index is 0.0150. The van der Waals surface area contributed by atoms with E-state index in [0.29, 0.717) is 18.8 Å². The number of rotatable bonds is 8. The molecule has 0 aliphatic heterocycles. The Morgan fingerprint density at radius 3 is 2.20 bits per heavy atom. The molecule has 2 aliphatic carbocycles. The molecule has 2 aromatic rings. The van der Waals surface area contributed by atoms with E-state index in [2.05, 4.69) is 41.8 Å². The molecule has 4 rings (SSSR count). The topological polar surface area (TPSA) is 105 Å². The Bertz CT molecular complexity index is 1070. The number of fused-ring (bicyclic) bond motifs is 3. The number of aliphatic carboxylic acids is 1. The third-order valence-electron chi connectivity index (χ3n) is 7.26. The van der Waals surface area contributed by atoms with Gasteiger partial charge in [-0.05, 0) is 53.9 Å². The van der Waals surface area contributed by atoms with Gasteiger partial charge in [-0.15, -0.1) is 0 Å². The van der Waals surface area contributed by atoms with E-state index in [0.717, 1.165) is 24.0 Å². The predicted molar refractivity (Wildman–Crippen MR) is 133 cm³/mol. The average Bonchev–Trinajstić information content (AvgIpc) is 3.19. The fourth-order valence-electron chi connectivity index (χ4n) is 5.05. The molecule has 0 unspecified atom stereocenters. The van der Waals surface area contributed by atoms with E-state index in [1.54, 1.807) is 0 Å². The van der Waals surface area contributed by atoms with Crippen LogP contribution in [0.4, 0.5) is 4.79 Å². The lowest BCUT2D eigenvalue weighted by molar-refractivity contribution is -0.151. The van der Waals surface area contributed by atoms with Crippen molar-refractivity contribution >= 4 is 18.0 Å². The van der Waals surface area contributed by atoms with Gasteiger partial charge in [-0.1, -0.05) is 61.5 Å². The van der Waals surface area contributed by atoms with Gasteiger partial charge in [0.05, 0.1) is 5.41 Å². The maximum absolute atomic E-state index is 12.2. The standard InChI is InChI=1S/C28H32N2O5/c1-19-12-14-28(15-13-19,26(32)33)18-30-25(31)11-6-16-29-27(34)35-17-24-22-9-4-2-7-20(22)21-8-3-5-10-23(21)24/h2-11,19,24H,12-18H2,1H3,(H,29,34)(H,30,31)(H,32,33)/b11-6+. The minimum Gasteiger partial charge on any atom is -0.481 e. The molecule has 2 aromatic carbocycles. The highest BCUT2D eigenvalue weighted by atomic mass is 16.5. The second kappa shape index (κ2) is 10.8. The summed E-state index contributed by atoms with van der Waals surface area (Å²) in [5.74, 6) is -0.731. The van der Waals surface area contributed by atoms with E-state index in [1.807, 2.05) is 24.3 Å². The third-order valence-corrected chi connectivity index (χ3v) is 7.26. The molecule has 0 atom stereocenters. The van der Waals surface area contributed by atoms with E-state index >= 15 is 0 Å². The molecule has 35 heavy (non-hydrogen) atoms. The van der Waals surface area contributed by atoms with Crippen LogP contribution in [0.2, 0.25) is 0 Å². The Morgan fingerprint density at radius 1 is 1.00 bits per heavy atom. The molecule has 184 valence electrons. The average molecular weight is 477 g/mol. The summed E-state index contributed by atoms with van der Waals surface area (Å²) in [6, 6.07) is 16.3. The van der Waals surface area contributed by atoms with Crippen LogP contribution in [0, 0.1) is 11.3 Å². The van der Waals surface area contributed by atoms with E-state index in [1.165, 1.54) is 23.3 Å². The maximum Gasteiger partial charge on any atom is 0.407 e. The lowest BCUT2D eigenvalue weighted by atomic mass is 9.71. The molecule has 7 nitrogen and oxygen atoms in total. The molecule has 0 heterocycles. The second-order valence-corrected chi connectivity index (χ2v) is 9.59. The zero-order valence-corrected chi connectivity index (χ0v) is 20.0. The normalized spacial score (nSPS) is 21.2. The number of hydrogen-bond donors (Lipinski definition) is 3. The van der Waals surface area contributed by atoms with Crippen molar-refractivity contribution < 1.29 is 24.2 Å². The molecule has 3 N–H and O–H groups in total. The van der Waals surface area contributed by atoms with Crippen molar-refractivity contribution in [3.05, 3.63) is 71.8 Å². The molecule has 2 aliphatic rings. The summed E-state index contributed by atoms with van der Waals surface area (Å²) in [5, 5.41) is 15.0. The van der Waals surface area contributed by atoms with Gasteiger partial charge in [-0.25, -0.2) is 4.79 Å². The molecule has 0 aromatic heterocycles. The Hall–Kier alpha value is -3.61. The van der Waals surface area contributed by atoms with Crippen LogP contribution in [0.15, 0.2) is 60.7 Å². The summed E-state index contributed by atoms with van der Waals surface area (Å²) in [6.45, 7) is 2.58. The van der Waals surface area contributed by atoms with Gasteiger partial charge in [0, 0.05) is 25.1 Å². The molecule has 7 heteroatoms. The quantitative estimate of drug-likeness (QED) is 0.488. The number of carbonyl (C=O) groups is 3. The van der Waals surface area contributed by atoms with Crippen LogP contribution in [-0.2, 0) is 14.3 Å². The van der Waals surface area contributed by atoms with Gasteiger partial charge in [-0.3, -0.25) is 9.59 Å². The van der Waals surface area contributed by atoms with Gasteiger partial charge >= 0.3 is 12.1 Å². The van der Waals surface area contributed by atoms with Gasteiger partial charge in [-0.2, -0.15) is 0 Å². The number of carboxylic acids is 1. The molecule has 0 radical (unpaired) electrons. The minimum atomic E-state index is -0.893. The zero-order valence-electron chi connectivity index (χ0n) is 20.0. The smallest absolute Gasteiger partial charge is 0.407 e. The fourth-order valence-corrected chi connectivity index (χ4v) is 5.05. The predicted octanol–water partition coefficient (Wildman–Crippen LogP) is 4.48. The van der Waals surface area contributed by atoms with Crippen LogP contribution in [0.5, 0.6) is 0 Å². The van der Waals surface area contributed by atoms with Crippen LogP contribution >= 0.6 is 0 Å². The molecular weight excluding hydrogens is 444 g/mol. The zero-order chi connectivity index (χ0) is 24.8. The van der Waals surface area contributed by atoms with Gasteiger partial charge in [0.25, 0.3) is 0 Å². The van der Waals surface area contributed by atoms with Crippen molar-refractivity contribution in [1.29, 1.82) is 0 Å². The molecule has 1 fully saturated rings. The fraction of sp³-hybridized carbons (Fsp3) is 0.393. The lowest BCUT2D eigenvalue weighted by Gasteiger charge is -2.35. The van der Waals surface area contributed by atoms with Crippen LogP contribution in [0.25, 0.3) is 11.1 Å². The van der Waals surface area contributed by atoms with E-state index < -0.39 is 17.5 Å². The molecule has 0 spiro atoms. The summed E-state index contributed by atoms with van der Waals surface area (Å²) in [7, 11) is 0. The first-order valence-electron chi connectivity index (χ1n) is 12.2. The van der Waals surface area contributed by atoms with Crippen molar-refractivity contribution in [2.45, 2.75) is 38.5 Å². The second-order valence-electron chi connectivity index (χ2n) is 9.59. The van der Waals surface area contributed by atoms with Crippen LogP contribution in [0.1, 0.15) is 49.7 Å². The number of amides is 2. The maximum atomic E-state index is 12.2. The number of carboxylic acid groups (broad SMARTS) is 1. The summed E-state index contributed by atoms with van der Waals surface area (Å²) in [5.41, 5.74) is 3.72. The number of hydrogen-bond acceptors (Lipinski definition) is 4. The Morgan fingerprint density at radius 2 is 1.60 bits per heavy atom. The van der Waals surface area contributed by atoms with Gasteiger partial charge in [0.1, 0.15) is 6.61 Å². The summed E-state index contributed by atoms with van der Waals surface area (Å²) >= 11 is 0. The molecule has 0 saturated heterocycles. The summed E-state index contributed by atoms with van der Waals surface area (Å²) in [4.78, 5) is 36.2. The monoisotopic (exact) mass is 476 g/mol. The van der Waals surface area contributed by atoms with Crippen molar-refractivity contribution in [2.75, 3.05) is 19.7 Å². The molecule has 2 amide bonds. The number of alkyl carbamates (subject to hydrolysis) is 1. The Labute approximate surface area is 205 Å². The SMILES string of the molecule is CC1CCC(CNC(=O)/C=C/CNC(=O)OCC2c3ccccc3-c3ccccc32)(C(=O)O)CC1. The first kappa shape index (κ1) is 24.5. The van der Waals surface area contributed by atoms with Gasteiger partial charge < -0.3 is 20.5 Å². The largest absolute Gasteiger partial charge is 0.481 e. The highest BCUT2D eigenvalue weighted by molar-refractivity contribution is 5.88. The van der Waals surface area contributed by atoms with Gasteiger partial charge in [0.2, 0.25) is 5.91 Å². The van der Waals surface area contributed by atoms with Crippen LogP contribution < -0.4 is 10.6 Å². The van der Waals surface area contributed by atoms with E-state index in [-0.39, 0.29) is 31.5 Å². The number of nitrogens with one attached hydrogen (secondary N) is 2. The van der Waals surface area contributed by atoms with E-state index in [9.17, 15) is 19.5 Å². The lowest BCUT2D eigenvalue weighted by Crippen LogP contribution is -2.44. The van der Waals surface area contributed by atoms with Crippen LogP contribution in [0.3, 0.4) is 0 Å². The Balaban J connectivity index is 1.22. The van der Waals surface area contributed by atoms with Crippen molar-refractivity contribution in [2.24, 2.45) is 11.3 Å². The molecule has 0 bridgehead atoms. The summed E-state index contributed by atoms with van der Waals surface area (Å²) in [6.07, 6.45) is 5.11. The van der Waals surface area contributed by atoms with Gasteiger partial charge in [0.15, 0.2) is 0 Å². The Kier molecular flexibility index (Phi) is 7.54. The molecular formula is C28H32N2O5. The molecule has 1 saturated carbocycles. The first-order valence-corrected chi connectivity index (χ1v) is 12.2. The number of ether oxygens (including phenoxy) is 1. The first-order chi connectivity index (χ1) is 16.9. The van der Waals surface area contributed by atoms with Crippen molar-refractivity contribution in [3.63, 3.8) is 0 Å². The van der Waals surface area contributed by atoms with Crippen LogP contribution in [-0.4, -0.2) is 42.8 Å². The number of benzene rings is 2. The van der Waals surface area contributed by atoms with E-state index in [4.69, 9.17) is 4.74 Å².